The van der Waals surface area contributed by atoms with Crippen LogP contribution in [0.25, 0.3) is 0 Å². The molecule has 0 radical (unpaired) electrons. The molecule has 0 atom stereocenters. The van der Waals surface area contributed by atoms with E-state index in [2.05, 4.69) is 17.4 Å². The van der Waals surface area contributed by atoms with Crippen molar-refractivity contribution in [3.05, 3.63) is 29.3 Å². The largest absolute Gasteiger partial charge is 0.384 e. The molecule has 2 rings (SSSR count). The van der Waals surface area contributed by atoms with Gasteiger partial charge in [-0.25, -0.2) is 0 Å². The summed E-state index contributed by atoms with van der Waals surface area (Å²) in [7, 11) is 0. The van der Waals surface area contributed by atoms with E-state index in [1.807, 2.05) is 6.07 Å². The number of rotatable bonds is 2. The molecule has 2 nitrogen and oxygen atoms in total. The summed E-state index contributed by atoms with van der Waals surface area (Å²) in [4.78, 5) is 10.3. The molecule has 0 bridgehead atoms. The number of carbonyl (C=O) groups excluding carboxylic acids is 1. The molecular weight excluding hydrogens is 150 g/mol. The number of carbonyl (C=O) groups is 1. The first kappa shape index (κ1) is 7.35. The molecule has 1 aromatic carbocycles. The van der Waals surface area contributed by atoms with Gasteiger partial charge in [-0.15, -0.1) is 0 Å². The molecule has 0 fully saturated rings. The average Bonchev–Trinajstić information content (AvgIpc) is 2.51. The molecular formula is C10H11NO. The highest BCUT2D eigenvalue weighted by molar-refractivity contribution is 5.60. The number of anilines is 1. The normalized spacial score (nSPS) is 13.7. The Labute approximate surface area is 71.6 Å². The predicted octanol–water partition coefficient (Wildman–Crippen LogP) is 1.40. The molecule has 0 spiro atoms. The maximum absolute atomic E-state index is 10.3. The summed E-state index contributed by atoms with van der Waals surface area (Å²) in [6.45, 7) is 1.03. The Bertz CT molecular complexity index is 307. The summed E-state index contributed by atoms with van der Waals surface area (Å²) in [6, 6.07) is 6.18. The van der Waals surface area contributed by atoms with Gasteiger partial charge in [-0.2, -0.15) is 0 Å². The minimum atomic E-state index is 0.535. The van der Waals surface area contributed by atoms with Gasteiger partial charge in [0.2, 0.25) is 0 Å². The number of hydrogen-bond donors (Lipinski definition) is 1. The molecule has 1 aliphatic heterocycles. The van der Waals surface area contributed by atoms with Gasteiger partial charge in [0.05, 0.1) is 0 Å². The van der Waals surface area contributed by atoms with Gasteiger partial charge in [-0.05, 0) is 23.6 Å². The van der Waals surface area contributed by atoms with Gasteiger partial charge in [0.1, 0.15) is 6.29 Å². The SMILES string of the molecule is O=CCc1ccc2c(c1)CCN2. The minimum absolute atomic E-state index is 0.535. The van der Waals surface area contributed by atoms with Crippen LogP contribution in [0, 0.1) is 0 Å². The number of fused-ring (bicyclic) bond motifs is 1. The maximum Gasteiger partial charge on any atom is 0.124 e. The third kappa shape index (κ3) is 1.20. The summed E-state index contributed by atoms with van der Waals surface area (Å²) in [5.41, 5.74) is 3.69. The molecule has 1 heterocycles. The second-order valence-corrected chi connectivity index (χ2v) is 3.04. The molecule has 0 aromatic heterocycles. The fourth-order valence-corrected chi connectivity index (χ4v) is 1.58. The summed E-state index contributed by atoms with van der Waals surface area (Å²) >= 11 is 0. The molecule has 62 valence electrons. The van der Waals surface area contributed by atoms with E-state index in [0.29, 0.717) is 6.42 Å². The third-order valence-corrected chi connectivity index (χ3v) is 2.20. The van der Waals surface area contributed by atoms with Crippen LogP contribution in [0.5, 0.6) is 0 Å². The molecule has 0 amide bonds. The van der Waals surface area contributed by atoms with Gasteiger partial charge in [-0.3, -0.25) is 0 Å². The number of nitrogens with one attached hydrogen (secondary N) is 1. The smallest absolute Gasteiger partial charge is 0.124 e. The lowest BCUT2D eigenvalue weighted by molar-refractivity contribution is -0.107. The van der Waals surface area contributed by atoms with Gasteiger partial charge in [0, 0.05) is 18.7 Å². The zero-order chi connectivity index (χ0) is 8.39. The Hall–Kier alpha value is -1.31. The summed E-state index contributed by atoms with van der Waals surface area (Å²) in [5, 5.41) is 3.28. The van der Waals surface area contributed by atoms with Crippen molar-refractivity contribution >= 4 is 12.0 Å². The molecule has 0 unspecified atom stereocenters. The summed E-state index contributed by atoms with van der Waals surface area (Å²) in [5.74, 6) is 0. The van der Waals surface area contributed by atoms with Crippen LogP contribution in [-0.4, -0.2) is 12.8 Å². The third-order valence-electron chi connectivity index (χ3n) is 2.20. The first-order chi connectivity index (χ1) is 5.90. The van der Waals surface area contributed by atoms with Crippen LogP contribution in [0.3, 0.4) is 0 Å². The molecule has 1 aliphatic rings. The number of hydrogen-bond acceptors (Lipinski definition) is 2. The van der Waals surface area contributed by atoms with Crippen LogP contribution in [0.1, 0.15) is 11.1 Å². The van der Waals surface area contributed by atoms with Crippen molar-refractivity contribution in [2.75, 3.05) is 11.9 Å². The van der Waals surface area contributed by atoms with Crippen LogP contribution >= 0.6 is 0 Å². The minimum Gasteiger partial charge on any atom is -0.384 e. The van der Waals surface area contributed by atoms with E-state index >= 15 is 0 Å². The molecule has 0 saturated heterocycles. The van der Waals surface area contributed by atoms with Gasteiger partial charge in [-0.1, -0.05) is 12.1 Å². The van der Waals surface area contributed by atoms with Gasteiger partial charge in [0.15, 0.2) is 0 Å². The lowest BCUT2D eigenvalue weighted by atomic mass is 10.1. The molecule has 0 saturated carbocycles. The van der Waals surface area contributed by atoms with E-state index in [-0.39, 0.29) is 0 Å². The fraction of sp³-hybridized carbons (Fsp3) is 0.300. The van der Waals surface area contributed by atoms with E-state index in [0.717, 1.165) is 24.8 Å². The van der Waals surface area contributed by atoms with E-state index in [4.69, 9.17) is 0 Å². The quantitative estimate of drug-likeness (QED) is 0.664. The van der Waals surface area contributed by atoms with Crippen LogP contribution in [0.4, 0.5) is 5.69 Å². The van der Waals surface area contributed by atoms with E-state index < -0.39 is 0 Å². The molecule has 1 N–H and O–H groups in total. The number of benzene rings is 1. The van der Waals surface area contributed by atoms with Gasteiger partial charge in [0.25, 0.3) is 0 Å². The van der Waals surface area contributed by atoms with Crippen LogP contribution in [0.2, 0.25) is 0 Å². The summed E-state index contributed by atoms with van der Waals surface area (Å²) < 4.78 is 0. The Kier molecular flexibility index (Phi) is 1.82. The first-order valence-corrected chi connectivity index (χ1v) is 4.19. The van der Waals surface area contributed by atoms with Gasteiger partial charge >= 0.3 is 0 Å². The van der Waals surface area contributed by atoms with Crippen molar-refractivity contribution in [2.45, 2.75) is 12.8 Å². The van der Waals surface area contributed by atoms with E-state index in [1.54, 1.807) is 0 Å². The second-order valence-electron chi connectivity index (χ2n) is 3.04. The highest BCUT2D eigenvalue weighted by atomic mass is 16.1. The van der Waals surface area contributed by atoms with Crippen molar-refractivity contribution in [3.63, 3.8) is 0 Å². The van der Waals surface area contributed by atoms with Crippen LogP contribution < -0.4 is 5.32 Å². The second kappa shape index (κ2) is 2.97. The predicted molar refractivity (Wildman–Crippen MR) is 48.4 cm³/mol. The fourth-order valence-electron chi connectivity index (χ4n) is 1.58. The zero-order valence-corrected chi connectivity index (χ0v) is 6.84. The molecule has 1 aromatic rings. The van der Waals surface area contributed by atoms with E-state index in [9.17, 15) is 4.79 Å². The lowest BCUT2D eigenvalue weighted by Crippen LogP contribution is -1.90. The lowest BCUT2D eigenvalue weighted by Gasteiger charge is -2.00. The van der Waals surface area contributed by atoms with Crippen molar-refractivity contribution in [1.82, 2.24) is 0 Å². The Morgan fingerprint density at radius 3 is 3.25 bits per heavy atom. The first-order valence-electron chi connectivity index (χ1n) is 4.19. The average molecular weight is 161 g/mol. The zero-order valence-electron chi connectivity index (χ0n) is 6.84. The van der Waals surface area contributed by atoms with Crippen LogP contribution in [-0.2, 0) is 17.6 Å². The Morgan fingerprint density at radius 1 is 1.50 bits per heavy atom. The molecule has 12 heavy (non-hydrogen) atoms. The van der Waals surface area contributed by atoms with E-state index in [1.165, 1.54) is 11.3 Å². The standard InChI is InChI=1S/C10H11NO/c12-6-4-8-1-2-10-9(7-8)3-5-11-10/h1-2,6-7,11H,3-5H2. The van der Waals surface area contributed by atoms with Crippen molar-refractivity contribution in [1.29, 1.82) is 0 Å². The Morgan fingerprint density at radius 2 is 2.42 bits per heavy atom. The van der Waals surface area contributed by atoms with Crippen LogP contribution in [0.15, 0.2) is 18.2 Å². The van der Waals surface area contributed by atoms with Crippen molar-refractivity contribution < 1.29 is 4.79 Å². The Balaban J connectivity index is 2.32. The molecule has 2 heteroatoms. The van der Waals surface area contributed by atoms with Crippen molar-refractivity contribution in [3.8, 4) is 0 Å². The summed E-state index contributed by atoms with van der Waals surface area (Å²) in [6.07, 6.45) is 2.57. The maximum atomic E-state index is 10.3. The molecule has 0 aliphatic carbocycles. The number of aldehydes is 1. The monoisotopic (exact) mass is 161 g/mol. The highest BCUT2D eigenvalue weighted by Gasteiger charge is 2.08. The topological polar surface area (TPSA) is 29.1 Å². The van der Waals surface area contributed by atoms with Gasteiger partial charge < -0.3 is 10.1 Å². The highest BCUT2D eigenvalue weighted by Crippen LogP contribution is 2.22. The van der Waals surface area contributed by atoms with Crippen molar-refractivity contribution in [2.24, 2.45) is 0 Å².